The van der Waals surface area contributed by atoms with Gasteiger partial charge in [-0.2, -0.15) is 0 Å². The van der Waals surface area contributed by atoms with E-state index in [1.807, 2.05) is 0 Å². The molecule has 1 fully saturated rings. The number of hydrogen-bond donors (Lipinski definition) is 0. The molecule has 0 aromatic carbocycles. The molecule has 4 atom stereocenters. The summed E-state index contributed by atoms with van der Waals surface area (Å²) < 4.78 is 6.45. The van der Waals surface area contributed by atoms with Crippen LogP contribution in [0.25, 0.3) is 0 Å². The van der Waals surface area contributed by atoms with Crippen LogP contribution in [0.15, 0.2) is 23.8 Å². The van der Waals surface area contributed by atoms with E-state index in [0.717, 1.165) is 17.9 Å². The molecule has 0 saturated heterocycles. The maximum Gasteiger partial charge on any atom is 0.320 e. The smallest absolute Gasteiger partial charge is 0.320 e. The molecule has 2 rings (SSSR count). The van der Waals surface area contributed by atoms with E-state index in [1.165, 1.54) is 24.8 Å². The Hall–Kier alpha value is -0.833. The summed E-state index contributed by atoms with van der Waals surface area (Å²) in [5.41, 5.74) is 3.44. The van der Waals surface area contributed by atoms with Crippen molar-refractivity contribution < 1.29 is 9.22 Å². The number of rotatable bonds is 6. The number of hydrogen-bond acceptors (Lipinski definition) is 2. The summed E-state index contributed by atoms with van der Waals surface area (Å²) in [6.07, 6.45) is 7.19. The van der Waals surface area contributed by atoms with E-state index in [0.29, 0.717) is 28.5 Å². The van der Waals surface area contributed by atoms with Crippen LogP contribution in [0, 0.1) is 23.7 Å². The second-order valence-electron chi connectivity index (χ2n) is 10.2. The maximum atomic E-state index is 13.3. The number of carbonyl (C=O) groups is 1. The highest BCUT2D eigenvalue weighted by Crippen LogP contribution is 2.49. The summed E-state index contributed by atoms with van der Waals surface area (Å²) in [4.78, 5) is 13.3. The lowest BCUT2D eigenvalue weighted by atomic mass is 9.61. The van der Waals surface area contributed by atoms with E-state index >= 15 is 0 Å². The number of fused-ring (bicyclic) bond motifs is 1. The highest BCUT2D eigenvalue weighted by Gasteiger charge is 2.49. The molecular formula is C24H42O2Si. The van der Waals surface area contributed by atoms with Crippen LogP contribution in [0.5, 0.6) is 0 Å². The summed E-state index contributed by atoms with van der Waals surface area (Å²) in [7, 11) is -2.21. The zero-order valence-corrected chi connectivity index (χ0v) is 20.0. The minimum Gasteiger partial charge on any atom is -0.515 e. The summed E-state index contributed by atoms with van der Waals surface area (Å²) in [5.74, 6) is 2.06. The first-order valence-corrected chi connectivity index (χ1v) is 13.3. The molecule has 0 aromatic heterocycles. The van der Waals surface area contributed by atoms with Gasteiger partial charge in [0.15, 0.2) is 0 Å². The standard InChI is InChI=1S/C24H42O2Si/c1-15(2)27(16(3)4,17(5)6)26-24(25)20(9)22-13-11-19(8)21-12-10-18(7)14-23(21)22/h14-17,19,21-23H,9-13H2,1-8H3/t19-,21+,22+,23+/m1/s1. The van der Waals surface area contributed by atoms with Crippen molar-refractivity contribution in [3.05, 3.63) is 23.8 Å². The average molecular weight is 391 g/mol. The van der Waals surface area contributed by atoms with Gasteiger partial charge in [-0.1, -0.05) is 66.7 Å². The highest BCUT2D eigenvalue weighted by atomic mass is 28.4. The molecule has 1 saturated carbocycles. The van der Waals surface area contributed by atoms with Crippen molar-refractivity contribution in [2.24, 2.45) is 23.7 Å². The van der Waals surface area contributed by atoms with Crippen LogP contribution in [-0.4, -0.2) is 14.3 Å². The molecule has 154 valence electrons. The molecule has 0 unspecified atom stereocenters. The molecule has 0 bridgehead atoms. The van der Waals surface area contributed by atoms with E-state index < -0.39 is 8.32 Å². The molecule has 3 heteroatoms. The van der Waals surface area contributed by atoms with Crippen molar-refractivity contribution in [1.82, 2.24) is 0 Å². The summed E-state index contributed by atoms with van der Waals surface area (Å²) in [5, 5.41) is 0. The van der Waals surface area contributed by atoms with E-state index in [4.69, 9.17) is 4.43 Å². The third-order valence-electron chi connectivity index (χ3n) is 7.66. The fourth-order valence-corrected chi connectivity index (χ4v) is 11.3. The zero-order chi connectivity index (χ0) is 20.5. The van der Waals surface area contributed by atoms with Gasteiger partial charge in [0, 0.05) is 5.57 Å². The van der Waals surface area contributed by atoms with Crippen molar-refractivity contribution in [3.8, 4) is 0 Å². The normalized spacial score (nSPS) is 28.9. The van der Waals surface area contributed by atoms with Crippen molar-refractivity contribution in [2.75, 3.05) is 0 Å². The molecule has 0 spiro atoms. The van der Waals surface area contributed by atoms with Crippen LogP contribution in [0.1, 0.15) is 81.1 Å². The van der Waals surface area contributed by atoms with Crippen molar-refractivity contribution in [1.29, 1.82) is 0 Å². The Labute approximate surface area is 169 Å². The van der Waals surface area contributed by atoms with Gasteiger partial charge in [-0.15, -0.1) is 0 Å². The zero-order valence-electron chi connectivity index (χ0n) is 19.0. The first-order chi connectivity index (χ1) is 12.5. The predicted molar refractivity (Wildman–Crippen MR) is 118 cm³/mol. The predicted octanol–water partition coefficient (Wildman–Crippen LogP) is 7.28. The van der Waals surface area contributed by atoms with Gasteiger partial charge in [0.25, 0.3) is 8.32 Å². The first-order valence-electron chi connectivity index (χ1n) is 11.1. The van der Waals surface area contributed by atoms with Gasteiger partial charge in [0.1, 0.15) is 0 Å². The van der Waals surface area contributed by atoms with Crippen LogP contribution >= 0.6 is 0 Å². The van der Waals surface area contributed by atoms with Crippen LogP contribution in [0.2, 0.25) is 16.6 Å². The number of carbonyl (C=O) groups excluding carboxylic acids is 1. The SMILES string of the molecule is C=C(C(=O)O[Si](C(C)C)(C(C)C)C(C)C)[C@@H]1CC[C@@H](C)[C@@H]2CCC(C)=C[C@@H]21. The van der Waals surface area contributed by atoms with Gasteiger partial charge in [-0.3, -0.25) is 0 Å². The van der Waals surface area contributed by atoms with Gasteiger partial charge in [-0.25, -0.2) is 4.79 Å². The molecule has 2 nitrogen and oxygen atoms in total. The molecule has 2 aliphatic rings. The Balaban J connectivity index is 2.25. The molecule has 0 heterocycles. The minimum absolute atomic E-state index is 0.104. The molecule has 0 amide bonds. The van der Waals surface area contributed by atoms with Crippen molar-refractivity contribution in [3.63, 3.8) is 0 Å². The van der Waals surface area contributed by atoms with Gasteiger partial charge < -0.3 is 4.43 Å². The highest BCUT2D eigenvalue weighted by molar-refractivity contribution is 6.79. The second-order valence-corrected chi connectivity index (χ2v) is 15.6. The molecule has 0 aliphatic heterocycles. The average Bonchev–Trinajstić information content (AvgIpc) is 2.58. The lowest BCUT2D eigenvalue weighted by Crippen LogP contribution is -2.50. The van der Waals surface area contributed by atoms with Crippen LogP contribution in [-0.2, 0) is 9.22 Å². The maximum absolute atomic E-state index is 13.3. The summed E-state index contributed by atoms with van der Waals surface area (Å²) >= 11 is 0. The Kier molecular flexibility index (Phi) is 7.21. The van der Waals surface area contributed by atoms with Crippen LogP contribution < -0.4 is 0 Å². The van der Waals surface area contributed by atoms with Crippen molar-refractivity contribution in [2.45, 2.75) is 97.7 Å². The summed E-state index contributed by atoms with van der Waals surface area (Å²) in [6.45, 7) is 22.3. The quantitative estimate of drug-likeness (QED) is 0.270. The monoisotopic (exact) mass is 390 g/mol. The van der Waals surface area contributed by atoms with E-state index in [2.05, 4.69) is 68.0 Å². The Bertz CT molecular complexity index is 565. The molecule has 2 aliphatic carbocycles. The minimum atomic E-state index is -2.21. The van der Waals surface area contributed by atoms with Gasteiger partial charge in [0.2, 0.25) is 0 Å². The molecule has 0 radical (unpaired) electrons. The molecule has 27 heavy (non-hydrogen) atoms. The largest absolute Gasteiger partial charge is 0.515 e. The lowest BCUT2D eigenvalue weighted by molar-refractivity contribution is -0.132. The topological polar surface area (TPSA) is 26.3 Å². The Morgan fingerprint density at radius 2 is 1.63 bits per heavy atom. The van der Waals surface area contributed by atoms with Gasteiger partial charge >= 0.3 is 5.97 Å². The molecular weight excluding hydrogens is 348 g/mol. The first kappa shape index (κ1) is 22.5. The third-order valence-corrected chi connectivity index (χ3v) is 13.6. The van der Waals surface area contributed by atoms with E-state index in [1.54, 1.807) is 0 Å². The molecule has 0 N–H and O–H groups in total. The molecule has 0 aromatic rings. The van der Waals surface area contributed by atoms with E-state index in [9.17, 15) is 4.79 Å². The van der Waals surface area contributed by atoms with Crippen LogP contribution in [0.3, 0.4) is 0 Å². The fraction of sp³-hybridized carbons (Fsp3) is 0.792. The van der Waals surface area contributed by atoms with Gasteiger partial charge in [-0.05, 0) is 72.9 Å². The van der Waals surface area contributed by atoms with Crippen LogP contribution in [0.4, 0.5) is 0 Å². The fourth-order valence-electron chi connectivity index (χ4n) is 6.19. The Morgan fingerprint density at radius 1 is 1.07 bits per heavy atom. The summed E-state index contributed by atoms with van der Waals surface area (Å²) in [6, 6.07) is 0. The van der Waals surface area contributed by atoms with Crippen molar-refractivity contribution >= 4 is 14.3 Å². The lowest BCUT2D eigenvalue weighted by Gasteiger charge is -2.45. The number of allylic oxidation sites excluding steroid dienone is 2. The second kappa shape index (κ2) is 8.67. The third kappa shape index (κ3) is 4.28. The Morgan fingerprint density at radius 3 is 2.15 bits per heavy atom. The van der Waals surface area contributed by atoms with E-state index in [-0.39, 0.29) is 11.9 Å². The van der Waals surface area contributed by atoms with Gasteiger partial charge in [0.05, 0.1) is 0 Å².